The fourth-order valence-electron chi connectivity index (χ4n) is 2.53. The van der Waals surface area contributed by atoms with Gasteiger partial charge in [0.15, 0.2) is 17.5 Å². The van der Waals surface area contributed by atoms with Gasteiger partial charge in [0.2, 0.25) is 0 Å². The SMILES string of the molecule is Fc1cccc(Nc2nc(-c3ccncc3)nc3ccccc23)c1F. The summed E-state index contributed by atoms with van der Waals surface area (Å²) in [5.74, 6) is -0.990. The van der Waals surface area contributed by atoms with E-state index >= 15 is 0 Å². The highest BCUT2D eigenvalue weighted by atomic mass is 19.2. The third-order valence-electron chi connectivity index (χ3n) is 3.75. The first-order valence-electron chi connectivity index (χ1n) is 7.60. The van der Waals surface area contributed by atoms with Crippen LogP contribution in [0.5, 0.6) is 0 Å². The van der Waals surface area contributed by atoms with Gasteiger partial charge >= 0.3 is 0 Å². The lowest BCUT2D eigenvalue weighted by molar-refractivity contribution is 0.512. The monoisotopic (exact) mass is 334 g/mol. The molecule has 1 N–H and O–H groups in total. The molecule has 0 aliphatic heterocycles. The highest BCUT2D eigenvalue weighted by Gasteiger charge is 2.13. The number of benzene rings is 2. The van der Waals surface area contributed by atoms with Crippen molar-refractivity contribution in [3.05, 3.63) is 78.6 Å². The van der Waals surface area contributed by atoms with E-state index in [1.54, 1.807) is 24.5 Å². The maximum Gasteiger partial charge on any atom is 0.182 e. The van der Waals surface area contributed by atoms with Gasteiger partial charge in [-0.25, -0.2) is 18.7 Å². The van der Waals surface area contributed by atoms with Gasteiger partial charge in [-0.15, -0.1) is 0 Å². The largest absolute Gasteiger partial charge is 0.337 e. The number of fused-ring (bicyclic) bond motifs is 1. The van der Waals surface area contributed by atoms with Gasteiger partial charge in [-0.1, -0.05) is 18.2 Å². The molecule has 0 fully saturated rings. The lowest BCUT2D eigenvalue weighted by Gasteiger charge is -2.11. The number of nitrogens with zero attached hydrogens (tertiary/aromatic N) is 3. The van der Waals surface area contributed by atoms with Gasteiger partial charge in [0.05, 0.1) is 11.2 Å². The summed E-state index contributed by atoms with van der Waals surface area (Å²) in [5, 5.41) is 3.60. The standard InChI is InChI=1S/C19H12F2N4/c20-14-5-3-7-16(17(14)21)24-19-13-4-1-2-6-15(13)23-18(25-19)12-8-10-22-11-9-12/h1-11H,(H,23,24,25). The van der Waals surface area contributed by atoms with E-state index in [2.05, 4.69) is 20.3 Å². The second kappa shape index (κ2) is 6.24. The summed E-state index contributed by atoms with van der Waals surface area (Å²) in [7, 11) is 0. The third-order valence-corrected chi connectivity index (χ3v) is 3.75. The third kappa shape index (κ3) is 2.89. The highest BCUT2D eigenvalue weighted by Crippen LogP contribution is 2.28. The lowest BCUT2D eigenvalue weighted by atomic mass is 10.2. The molecule has 0 aliphatic carbocycles. The summed E-state index contributed by atoms with van der Waals surface area (Å²) in [4.78, 5) is 13.0. The van der Waals surface area contributed by atoms with Crippen molar-refractivity contribution < 1.29 is 8.78 Å². The number of nitrogens with one attached hydrogen (secondary N) is 1. The van der Waals surface area contributed by atoms with E-state index in [0.717, 1.165) is 11.6 Å². The average Bonchev–Trinajstić information content (AvgIpc) is 2.66. The first kappa shape index (κ1) is 15.1. The van der Waals surface area contributed by atoms with E-state index in [4.69, 9.17) is 0 Å². The fraction of sp³-hybridized carbons (Fsp3) is 0. The molecule has 0 radical (unpaired) electrons. The van der Waals surface area contributed by atoms with Crippen molar-refractivity contribution >= 4 is 22.4 Å². The molecule has 0 saturated heterocycles. The maximum atomic E-state index is 14.0. The van der Waals surface area contributed by atoms with Crippen LogP contribution in [0.3, 0.4) is 0 Å². The van der Waals surface area contributed by atoms with Crippen LogP contribution in [0.1, 0.15) is 0 Å². The Morgan fingerprint density at radius 2 is 1.60 bits per heavy atom. The summed E-state index contributed by atoms with van der Waals surface area (Å²) in [6.45, 7) is 0. The van der Waals surface area contributed by atoms with Gasteiger partial charge < -0.3 is 5.32 Å². The topological polar surface area (TPSA) is 50.7 Å². The molecule has 4 aromatic rings. The molecular weight excluding hydrogens is 322 g/mol. The van der Waals surface area contributed by atoms with Crippen LogP contribution in [0.15, 0.2) is 67.0 Å². The number of aromatic nitrogens is 3. The number of rotatable bonds is 3. The number of hydrogen-bond acceptors (Lipinski definition) is 4. The number of halogens is 2. The molecule has 0 unspecified atom stereocenters. The Kier molecular flexibility index (Phi) is 3.78. The summed E-state index contributed by atoms with van der Waals surface area (Å²) in [6, 6.07) is 14.9. The van der Waals surface area contributed by atoms with Crippen molar-refractivity contribution in [2.45, 2.75) is 0 Å². The first-order chi connectivity index (χ1) is 12.2. The molecule has 2 aromatic carbocycles. The van der Waals surface area contributed by atoms with Gasteiger partial charge in [0.25, 0.3) is 0 Å². The van der Waals surface area contributed by atoms with Crippen LogP contribution in [0.25, 0.3) is 22.3 Å². The van der Waals surface area contributed by atoms with Gasteiger partial charge in [-0.05, 0) is 36.4 Å². The Hall–Kier alpha value is -3.41. The highest BCUT2D eigenvalue weighted by molar-refractivity contribution is 5.92. The minimum absolute atomic E-state index is 0.0181. The summed E-state index contributed by atoms with van der Waals surface area (Å²) >= 11 is 0. The van der Waals surface area contributed by atoms with Crippen molar-refractivity contribution in [1.82, 2.24) is 15.0 Å². The molecule has 4 nitrogen and oxygen atoms in total. The number of anilines is 2. The van der Waals surface area contributed by atoms with E-state index in [1.807, 2.05) is 24.3 Å². The van der Waals surface area contributed by atoms with Crippen LogP contribution in [0.2, 0.25) is 0 Å². The molecular formula is C19H12F2N4. The van der Waals surface area contributed by atoms with E-state index in [9.17, 15) is 8.78 Å². The Morgan fingerprint density at radius 3 is 2.44 bits per heavy atom. The van der Waals surface area contributed by atoms with Crippen molar-refractivity contribution in [3.8, 4) is 11.4 Å². The van der Waals surface area contributed by atoms with Crippen LogP contribution < -0.4 is 5.32 Å². The minimum Gasteiger partial charge on any atom is -0.337 e. The van der Waals surface area contributed by atoms with Crippen LogP contribution >= 0.6 is 0 Å². The van der Waals surface area contributed by atoms with Crippen molar-refractivity contribution in [3.63, 3.8) is 0 Å². The zero-order valence-corrected chi connectivity index (χ0v) is 12.9. The maximum absolute atomic E-state index is 14.0. The summed E-state index contributed by atoms with van der Waals surface area (Å²) in [5.41, 5.74) is 1.50. The molecule has 0 spiro atoms. The molecule has 0 atom stereocenters. The summed E-state index contributed by atoms with van der Waals surface area (Å²) in [6.07, 6.45) is 3.29. The number of pyridine rings is 1. The molecule has 2 aromatic heterocycles. The molecule has 0 amide bonds. The molecule has 2 heterocycles. The first-order valence-corrected chi connectivity index (χ1v) is 7.60. The predicted molar refractivity (Wildman–Crippen MR) is 92.4 cm³/mol. The Balaban J connectivity index is 1.88. The van der Waals surface area contributed by atoms with E-state index in [0.29, 0.717) is 22.5 Å². The zero-order valence-electron chi connectivity index (χ0n) is 12.9. The predicted octanol–water partition coefficient (Wildman–Crippen LogP) is 4.71. The van der Waals surface area contributed by atoms with E-state index in [-0.39, 0.29) is 5.69 Å². The second-order valence-corrected chi connectivity index (χ2v) is 5.38. The Labute approximate surface area is 142 Å². The average molecular weight is 334 g/mol. The molecule has 0 aliphatic rings. The number of para-hydroxylation sites is 1. The van der Waals surface area contributed by atoms with Gasteiger partial charge in [-0.2, -0.15) is 0 Å². The molecule has 4 rings (SSSR count). The zero-order chi connectivity index (χ0) is 17.2. The van der Waals surface area contributed by atoms with Crippen molar-refractivity contribution in [2.75, 3.05) is 5.32 Å². The smallest absolute Gasteiger partial charge is 0.182 e. The second-order valence-electron chi connectivity index (χ2n) is 5.38. The normalized spacial score (nSPS) is 10.8. The van der Waals surface area contributed by atoms with E-state index < -0.39 is 11.6 Å². The quantitative estimate of drug-likeness (QED) is 0.589. The molecule has 25 heavy (non-hydrogen) atoms. The molecule has 0 saturated carbocycles. The minimum atomic E-state index is -0.948. The van der Waals surface area contributed by atoms with Crippen molar-refractivity contribution in [1.29, 1.82) is 0 Å². The van der Waals surface area contributed by atoms with Crippen molar-refractivity contribution in [2.24, 2.45) is 0 Å². The molecule has 0 bridgehead atoms. The van der Waals surface area contributed by atoms with E-state index in [1.165, 1.54) is 12.1 Å². The number of hydrogen-bond donors (Lipinski definition) is 1. The van der Waals surface area contributed by atoms with Crippen LogP contribution in [0.4, 0.5) is 20.3 Å². The van der Waals surface area contributed by atoms with Gasteiger partial charge in [0.1, 0.15) is 5.82 Å². The van der Waals surface area contributed by atoms with Crippen LogP contribution in [-0.2, 0) is 0 Å². The fourth-order valence-corrected chi connectivity index (χ4v) is 2.53. The van der Waals surface area contributed by atoms with Gasteiger partial charge in [-0.3, -0.25) is 4.98 Å². The molecule has 6 heteroatoms. The van der Waals surface area contributed by atoms with Crippen LogP contribution in [0, 0.1) is 11.6 Å². The Bertz CT molecular complexity index is 1050. The Morgan fingerprint density at radius 1 is 0.800 bits per heavy atom. The van der Waals surface area contributed by atoms with Crippen LogP contribution in [-0.4, -0.2) is 15.0 Å². The summed E-state index contributed by atoms with van der Waals surface area (Å²) < 4.78 is 27.5. The van der Waals surface area contributed by atoms with Gasteiger partial charge in [0, 0.05) is 23.3 Å². The lowest BCUT2D eigenvalue weighted by Crippen LogP contribution is -2.01. The molecule has 122 valence electrons.